The first kappa shape index (κ1) is 20.8. The van der Waals surface area contributed by atoms with Crippen LogP contribution in [0.4, 0.5) is 0 Å². The minimum absolute atomic E-state index is 0.502. The van der Waals surface area contributed by atoms with Crippen LogP contribution in [0.3, 0.4) is 0 Å². The highest BCUT2D eigenvalue weighted by molar-refractivity contribution is 5.09. The standard InChI is InChI=1S/C27H44O/c1-28-27-18-12-22(13-19-27)7-6-21-8-14-25(15-9-21)26-16-10-24(11-17-26)20-23-4-2-3-5-23/h21-27H,2-5,8-20H2,1H3. The van der Waals surface area contributed by atoms with Crippen LogP contribution < -0.4 is 0 Å². The molecule has 4 aliphatic carbocycles. The highest BCUT2D eigenvalue weighted by atomic mass is 16.5. The van der Waals surface area contributed by atoms with E-state index in [4.69, 9.17) is 4.74 Å². The van der Waals surface area contributed by atoms with Crippen LogP contribution in [0.5, 0.6) is 0 Å². The molecule has 28 heavy (non-hydrogen) atoms. The second kappa shape index (κ2) is 10.5. The fourth-order valence-electron chi connectivity index (χ4n) is 7.03. The predicted molar refractivity (Wildman–Crippen MR) is 118 cm³/mol. The third kappa shape index (κ3) is 5.78. The topological polar surface area (TPSA) is 9.23 Å². The fourth-order valence-corrected chi connectivity index (χ4v) is 7.03. The van der Waals surface area contributed by atoms with Crippen molar-refractivity contribution in [2.45, 2.75) is 115 Å². The van der Waals surface area contributed by atoms with E-state index >= 15 is 0 Å². The molecule has 1 heteroatoms. The maximum absolute atomic E-state index is 5.49. The monoisotopic (exact) mass is 384 g/mol. The number of hydrogen-bond donors (Lipinski definition) is 0. The van der Waals surface area contributed by atoms with E-state index in [1.54, 1.807) is 44.9 Å². The molecule has 4 aliphatic rings. The lowest BCUT2D eigenvalue weighted by molar-refractivity contribution is 0.0636. The van der Waals surface area contributed by atoms with Crippen molar-refractivity contribution in [3.63, 3.8) is 0 Å². The second-order valence-electron chi connectivity index (χ2n) is 10.8. The van der Waals surface area contributed by atoms with Gasteiger partial charge in [0.25, 0.3) is 0 Å². The summed E-state index contributed by atoms with van der Waals surface area (Å²) in [7, 11) is 1.86. The average molecular weight is 385 g/mol. The van der Waals surface area contributed by atoms with Gasteiger partial charge in [0, 0.05) is 18.9 Å². The lowest BCUT2D eigenvalue weighted by Gasteiger charge is -2.37. The van der Waals surface area contributed by atoms with E-state index in [0.29, 0.717) is 17.9 Å². The molecule has 0 atom stereocenters. The van der Waals surface area contributed by atoms with Crippen molar-refractivity contribution < 1.29 is 4.74 Å². The molecule has 1 nitrogen and oxygen atoms in total. The van der Waals surface area contributed by atoms with Gasteiger partial charge < -0.3 is 4.74 Å². The summed E-state index contributed by atoms with van der Waals surface area (Å²) in [5, 5.41) is 0. The lowest BCUT2D eigenvalue weighted by Crippen LogP contribution is -2.26. The molecule has 0 radical (unpaired) electrons. The highest BCUT2D eigenvalue weighted by Gasteiger charge is 2.31. The Morgan fingerprint density at radius 2 is 1.04 bits per heavy atom. The third-order valence-corrected chi connectivity index (χ3v) is 8.97. The van der Waals surface area contributed by atoms with Crippen LogP contribution >= 0.6 is 0 Å². The Balaban J connectivity index is 1.14. The summed E-state index contributed by atoms with van der Waals surface area (Å²) in [5.74, 6) is 13.0. The Labute approximate surface area is 174 Å². The molecule has 0 aromatic rings. The SMILES string of the molecule is COC1CCC(C#CC2CCC(C3CCC(CC4CCCC4)CC3)CC2)CC1. The van der Waals surface area contributed by atoms with Gasteiger partial charge in [0.05, 0.1) is 6.10 Å². The van der Waals surface area contributed by atoms with Crippen molar-refractivity contribution in [3.8, 4) is 11.8 Å². The summed E-state index contributed by atoms with van der Waals surface area (Å²) in [6.07, 6.45) is 25.0. The predicted octanol–water partition coefficient (Wildman–Crippen LogP) is 7.39. The molecular weight excluding hydrogens is 340 g/mol. The molecule has 0 N–H and O–H groups in total. The van der Waals surface area contributed by atoms with E-state index in [9.17, 15) is 0 Å². The van der Waals surface area contributed by atoms with Crippen molar-refractivity contribution in [1.82, 2.24) is 0 Å². The number of methoxy groups -OCH3 is 1. The van der Waals surface area contributed by atoms with Gasteiger partial charge in [-0.15, -0.1) is 0 Å². The van der Waals surface area contributed by atoms with Gasteiger partial charge in [0.2, 0.25) is 0 Å². The molecule has 0 saturated heterocycles. The Morgan fingerprint density at radius 1 is 0.571 bits per heavy atom. The van der Waals surface area contributed by atoms with E-state index in [0.717, 1.165) is 23.7 Å². The number of hydrogen-bond acceptors (Lipinski definition) is 1. The molecule has 0 bridgehead atoms. The van der Waals surface area contributed by atoms with Gasteiger partial charge in [-0.25, -0.2) is 0 Å². The Hall–Kier alpha value is -0.480. The molecule has 4 fully saturated rings. The quantitative estimate of drug-likeness (QED) is 0.459. The molecule has 0 heterocycles. The Bertz CT molecular complexity index is 498. The summed E-state index contributed by atoms with van der Waals surface area (Å²) >= 11 is 0. The third-order valence-electron chi connectivity index (χ3n) is 8.97. The first-order valence-electron chi connectivity index (χ1n) is 12.8. The van der Waals surface area contributed by atoms with Crippen LogP contribution in [0.15, 0.2) is 0 Å². The zero-order valence-corrected chi connectivity index (χ0v) is 18.5. The maximum atomic E-state index is 5.49. The smallest absolute Gasteiger partial charge is 0.0572 e. The van der Waals surface area contributed by atoms with Crippen LogP contribution in [0.2, 0.25) is 0 Å². The first-order valence-corrected chi connectivity index (χ1v) is 12.8. The van der Waals surface area contributed by atoms with Gasteiger partial charge in [0.1, 0.15) is 0 Å². The summed E-state index contributed by atoms with van der Waals surface area (Å²) in [6.45, 7) is 0. The van der Waals surface area contributed by atoms with Crippen LogP contribution in [-0.2, 0) is 4.74 Å². The van der Waals surface area contributed by atoms with Crippen molar-refractivity contribution in [2.24, 2.45) is 35.5 Å². The largest absolute Gasteiger partial charge is 0.381 e. The molecule has 0 amide bonds. The lowest BCUT2D eigenvalue weighted by atomic mass is 9.68. The van der Waals surface area contributed by atoms with Gasteiger partial charge in [-0.2, -0.15) is 0 Å². The molecule has 0 spiro atoms. The molecule has 0 aliphatic heterocycles. The van der Waals surface area contributed by atoms with Crippen molar-refractivity contribution in [2.75, 3.05) is 7.11 Å². The Kier molecular flexibility index (Phi) is 7.81. The van der Waals surface area contributed by atoms with E-state index in [2.05, 4.69) is 11.8 Å². The number of rotatable bonds is 4. The highest BCUT2D eigenvalue weighted by Crippen LogP contribution is 2.43. The van der Waals surface area contributed by atoms with Gasteiger partial charge in [0.15, 0.2) is 0 Å². The summed E-state index contributed by atoms with van der Waals surface area (Å²) in [6, 6.07) is 0. The summed E-state index contributed by atoms with van der Waals surface area (Å²) in [4.78, 5) is 0. The van der Waals surface area contributed by atoms with Crippen molar-refractivity contribution in [1.29, 1.82) is 0 Å². The molecule has 158 valence electrons. The Morgan fingerprint density at radius 3 is 1.57 bits per heavy atom. The average Bonchev–Trinajstić information content (AvgIpc) is 3.27. The maximum Gasteiger partial charge on any atom is 0.0572 e. The van der Waals surface area contributed by atoms with Crippen LogP contribution in [0, 0.1) is 47.3 Å². The second-order valence-corrected chi connectivity index (χ2v) is 10.8. The minimum Gasteiger partial charge on any atom is -0.381 e. The van der Waals surface area contributed by atoms with E-state index in [1.165, 1.54) is 64.2 Å². The van der Waals surface area contributed by atoms with E-state index < -0.39 is 0 Å². The van der Waals surface area contributed by atoms with Gasteiger partial charge in [-0.3, -0.25) is 0 Å². The van der Waals surface area contributed by atoms with Gasteiger partial charge >= 0.3 is 0 Å². The van der Waals surface area contributed by atoms with Gasteiger partial charge in [-0.1, -0.05) is 50.4 Å². The molecule has 4 saturated carbocycles. The fraction of sp³-hybridized carbons (Fsp3) is 0.926. The van der Waals surface area contributed by atoms with E-state index in [1.807, 2.05) is 7.11 Å². The summed E-state index contributed by atoms with van der Waals surface area (Å²) < 4.78 is 5.49. The van der Waals surface area contributed by atoms with Crippen LogP contribution in [0.1, 0.15) is 109 Å². The molecule has 0 aromatic heterocycles. The summed E-state index contributed by atoms with van der Waals surface area (Å²) in [5.41, 5.74) is 0. The van der Waals surface area contributed by atoms with Crippen LogP contribution in [-0.4, -0.2) is 13.2 Å². The normalized spacial score (nSPS) is 40.0. The van der Waals surface area contributed by atoms with E-state index in [-0.39, 0.29) is 0 Å². The molecule has 4 rings (SSSR count). The zero-order valence-electron chi connectivity index (χ0n) is 18.5. The molecule has 0 aromatic carbocycles. The molecule has 0 unspecified atom stereocenters. The number of ether oxygens (including phenoxy) is 1. The van der Waals surface area contributed by atoms with Crippen molar-refractivity contribution in [3.05, 3.63) is 0 Å². The molecular formula is C27H44O. The van der Waals surface area contributed by atoms with Crippen LogP contribution in [0.25, 0.3) is 0 Å². The van der Waals surface area contributed by atoms with Crippen molar-refractivity contribution >= 4 is 0 Å². The zero-order chi connectivity index (χ0) is 19.2. The first-order chi connectivity index (χ1) is 13.8. The minimum atomic E-state index is 0.502. The van der Waals surface area contributed by atoms with Gasteiger partial charge in [-0.05, 0) is 94.3 Å².